The SMILES string of the molecule is CC(=O)c1ccc(NC(=O)c2ncn3c2C(=O)N(C2CC2)[C@@](C)(C(=O)NCc2ccc(F)cc2)C3)cc1. The number of halogens is 1. The number of hydrogen-bond acceptors (Lipinski definition) is 5. The number of aromatic nitrogens is 2. The van der Waals surface area contributed by atoms with Crippen LogP contribution in [0.4, 0.5) is 10.1 Å². The lowest BCUT2D eigenvalue weighted by atomic mass is 9.93. The van der Waals surface area contributed by atoms with E-state index in [0.29, 0.717) is 11.3 Å². The van der Waals surface area contributed by atoms with Crippen molar-refractivity contribution in [2.75, 3.05) is 5.32 Å². The highest BCUT2D eigenvalue weighted by atomic mass is 19.1. The van der Waals surface area contributed by atoms with E-state index in [1.165, 1.54) is 25.4 Å². The Kier molecular flexibility index (Phi) is 6.10. The highest BCUT2D eigenvalue weighted by Gasteiger charge is 2.53. The minimum Gasteiger partial charge on any atom is -0.350 e. The van der Waals surface area contributed by atoms with Crippen LogP contribution < -0.4 is 10.6 Å². The van der Waals surface area contributed by atoms with Gasteiger partial charge in [-0.3, -0.25) is 19.2 Å². The van der Waals surface area contributed by atoms with Crippen LogP contribution in [0.5, 0.6) is 0 Å². The number of carbonyl (C=O) groups is 4. The molecule has 37 heavy (non-hydrogen) atoms. The number of imidazole rings is 1. The Morgan fingerprint density at radius 1 is 1.08 bits per heavy atom. The maximum absolute atomic E-state index is 13.7. The summed E-state index contributed by atoms with van der Waals surface area (Å²) in [4.78, 5) is 57.4. The number of carbonyl (C=O) groups excluding carboxylic acids is 4. The molecule has 0 unspecified atom stereocenters. The van der Waals surface area contributed by atoms with Crippen molar-refractivity contribution in [2.45, 2.75) is 51.4 Å². The Morgan fingerprint density at radius 3 is 2.38 bits per heavy atom. The minimum absolute atomic E-state index is 0.0277. The smallest absolute Gasteiger partial charge is 0.276 e. The minimum atomic E-state index is -1.19. The molecular weight excluding hydrogens is 477 g/mol. The van der Waals surface area contributed by atoms with Gasteiger partial charge in [0.15, 0.2) is 11.5 Å². The van der Waals surface area contributed by atoms with E-state index in [1.54, 1.807) is 52.8 Å². The molecule has 3 amide bonds. The molecule has 0 spiro atoms. The first-order valence-electron chi connectivity index (χ1n) is 12.0. The summed E-state index contributed by atoms with van der Waals surface area (Å²) in [5, 5.41) is 5.60. The summed E-state index contributed by atoms with van der Waals surface area (Å²) in [6.45, 7) is 3.49. The van der Waals surface area contributed by atoms with E-state index in [4.69, 9.17) is 0 Å². The number of fused-ring (bicyclic) bond motifs is 1. The number of nitrogens with one attached hydrogen (secondary N) is 2. The standard InChI is InChI=1S/C27H26FN5O4/c1-16(34)18-5-9-20(10-6-18)31-24(35)22-23-25(36)33(21-11-12-21)27(2,14-32(23)15-30-22)26(37)29-13-17-3-7-19(28)8-4-17/h3-10,15,21H,11-14H2,1-2H3,(H,29,37)(H,31,35)/t27-/m1/s1. The first-order chi connectivity index (χ1) is 17.7. The molecule has 1 saturated carbocycles. The number of hydrogen-bond donors (Lipinski definition) is 2. The monoisotopic (exact) mass is 503 g/mol. The van der Waals surface area contributed by atoms with Gasteiger partial charge in [-0.1, -0.05) is 12.1 Å². The van der Waals surface area contributed by atoms with Gasteiger partial charge in [-0.2, -0.15) is 0 Å². The van der Waals surface area contributed by atoms with Crippen LogP contribution in [0.15, 0.2) is 54.9 Å². The summed E-state index contributed by atoms with van der Waals surface area (Å²) in [7, 11) is 0. The zero-order valence-electron chi connectivity index (χ0n) is 20.5. The molecule has 0 bridgehead atoms. The van der Waals surface area contributed by atoms with Crippen LogP contribution in [0.2, 0.25) is 0 Å². The number of ketones is 1. The van der Waals surface area contributed by atoms with E-state index >= 15 is 0 Å². The maximum atomic E-state index is 13.7. The van der Waals surface area contributed by atoms with Crippen LogP contribution in [0, 0.1) is 5.82 Å². The number of benzene rings is 2. The number of Topliss-reactive ketones (excluding diaryl/α,β-unsaturated/α-hetero) is 1. The first-order valence-corrected chi connectivity index (χ1v) is 12.0. The van der Waals surface area contributed by atoms with E-state index in [-0.39, 0.29) is 48.0 Å². The molecule has 2 N–H and O–H groups in total. The second kappa shape index (κ2) is 9.27. The molecule has 1 atom stereocenters. The molecule has 9 nitrogen and oxygen atoms in total. The highest BCUT2D eigenvalue weighted by Crippen LogP contribution is 2.39. The van der Waals surface area contributed by atoms with E-state index in [0.717, 1.165) is 18.4 Å². The average Bonchev–Trinajstić information content (AvgIpc) is 3.61. The van der Waals surface area contributed by atoms with Gasteiger partial charge in [-0.15, -0.1) is 0 Å². The molecule has 2 aliphatic rings. The molecule has 10 heteroatoms. The van der Waals surface area contributed by atoms with Crippen molar-refractivity contribution >= 4 is 29.2 Å². The molecule has 0 saturated heterocycles. The first kappa shape index (κ1) is 24.4. The predicted octanol–water partition coefficient (Wildman–Crippen LogP) is 3.17. The van der Waals surface area contributed by atoms with Crippen molar-refractivity contribution in [3.8, 4) is 0 Å². The van der Waals surface area contributed by atoms with Gasteiger partial charge in [0, 0.05) is 23.8 Å². The molecule has 190 valence electrons. The van der Waals surface area contributed by atoms with Crippen LogP contribution in [0.3, 0.4) is 0 Å². The Morgan fingerprint density at radius 2 is 1.76 bits per heavy atom. The zero-order chi connectivity index (χ0) is 26.3. The molecule has 3 aromatic rings. The second-order valence-corrected chi connectivity index (χ2v) is 9.65. The summed E-state index contributed by atoms with van der Waals surface area (Å²) in [5.41, 5.74) is 0.627. The Balaban J connectivity index is 1.37. The van der Waals surface area contributed by atoms with Gasteiger partial charge in [-0.25, -0.2) is 9.37 Å². The number of amides is 3. The Hall–Kier alpha value is -4.34. The fourth-order valence-electron chi connectivity index (χ4n) is 4.67. The quantitative estimate of drug-likeness (QED) is 0.481. The van der Waals surface area contributed by atoms with Gasteiger partial charge in [0.05, 0.1) is 12.9 Å². The molecule has 2 heterocycles. The Labute approximate surface area is 212 Å². The van der Waals surface area contributed by atoms with E-state index in [2.05, 4.69) is 15.6 Å². The molecule has 1 aliphatic heterocycles. The topological polar surface area (TPSA) is 113 Å². The molecule has 1 fully saturated rings. The Bertz CT molecular complexity index is 1400. The van der Waals surface area contributed by atoms with Crippen molar-refractivity contribution in [1.82, 2.24) is 19.8 Å². The van der Waals surface area contributed by atoms with Crippen molar-refractivity contribution in [1.29, 1.82) is 0 Å². The fourth-order valence-corrected chi connectivity index (χ4v) is 4.67. The molecular formula is C27H26FN5O4. The summed E-state index contributed by atoms with van der Waals surface area (Å²) >= 11 is 0. The second-order valence-electron chi connectivity index (χ2n) is 9.65. The maximum Gasteiger partial charge on any atom is 0.276 e. The fraction of sp³-hybridized carbons (Fsp3) is 0.296. The summed E-state index contributed by atoms with van der Waals surface area (Å²) in [5.74, 6) is -1.77. The average molecular weight is 504 g/mol. The van der Waals surface area contributed by atoms with Gasteiger partial charge in [-0.05, 0) is 68.7 Å². The summed E-state index contributed by atoms with van der Waals surface area (Å²) in [6, 6.07) is 12.2. The van der Waals surface area contributed by atoms with E-state index < -0.39 is 17.4 Å². The predicted molar refractivity (Wildman–Crippen MR) is 132 cm³/mol. The van der Waals surface area contributed by atoms with Gasteiger partial charge in [0.2, 0.25) is 5.91 Å². The van der Waals surface area contributed by atoms with Crippen LogP contribution in [0.1, 0.15) is 63.6 Å². The summed E-state index contributed by atoms with van der Waals surface area (Å²) in [6.07, 6.45) is 2.94. The number of nitrogens with zero attached hydrogens (tertiary/aromatic N) is 3. The molecule has 0 radical (unpaired) electrons. The van der Waals surface area contributed by atoms with Gasteiger partial charge in [0.25, 0.3) is 11.8 Å². The summed E-state index contributed by atoms with van der Waals surface area (Å²) < 4.78 is 14.8. The lowest BCUT2D eigenvalue weighted by Gasteiger charge is -2.44. The van der Waals surface area contributed by atoms with Crippen LogP contribution in [-0.4, -0.2) is 49.5 Å². The lowest BCUT2D eigenvalue weighted by Crippen LogP contribution is -2.64. The van der Waals surface area contributed by atoms with E-state index in [9.17, 15) is 23.6 Å². The molecule has 2 aromatic carbocycles. The van der Waals surface area contributed by atoms with E-state index in [1.807, 2.05) is 0 Å². The normalized spacial score (nSPS) is 18.8. The van der Waals surface area contributed by atoms with Gasteiger partial charge >= 0.3 is 0 Å². The number of rotatable bonds is 7. The zero-order valence-corrected chi connectivity index (χ0v) is 20.5. The number of anilines is 1. The lowest BCUT2D eigenvalue weighted by molar-refractivity contribution is -0.133. The molecule has 1 aliphatic carbocycles. The van der Waals surface area contributed by atoms with Gasteiger partial charge in [0.1, 0.15) is 17.1 Å². The molecule has 1 aromatic heterocycles. The highest BCUT2D eigenvalue weighted by molar-refractivity contribution is 6.11. The van der Waals surface area contributed by atoms with Crippen molar-refractivity contribution in [3.63, 3.8) is 0 Å². The van der Waals surface area contributed by atoms with Crippen LogP contribution >= 0.6 is 0 Å². The largest absolute Gasteiger partial charge is 0.350 e. The molecule has 5 rings (SSSR count). The third-order valence-electron chi connectivity index (χ3n) is 6.80. The third-order valence-corrected chi connectivity index (χ3v) is 6.80. The van der Waals surface area contributed by atoms with Crippen molar-refractivity contribution < 1.29 is 23.6 Å². The third kappa shape index (κ3) is 4.62. The van der Waals surface area contributed by atoms with Crippen LogP contribution in [-0.2, 0) is 17.9 Å². The van der Waals surface area contributed by atoms with Crippen LogP contribution in [0.25, 0.3) is 0 Å². The van der Waals surface area contributed by atoms with Gasteiger partial charge < -0.3 is 20.1 Å². The van der Waals surface area contributed by atoms with Crippen molar-refractivity contribution in [2.24, 2.45) is 0 Å². The van der Waals surface area contributed by atoms with Crippen molar-refractivity contribution in [3.05, 3.63) is 83.2 Å².